The Morgan fingerprint density at radius 3 is 2.68 bits per heavy atom. The lowest BCUT2D eigenvalue weighted by Gasteiger charge is -2.23. The molecule has 2 N–H and O–H groups in total. The average Bonchev–Trinajstić information content (AvgIpc) is 3.03. The lowest BCUT2D eigenvalue weighted by molar-refractivity contribution is -0.139. The standard InChI is InChI=1S/C13H22N2O4/c1-15(8-10-3-2-6-19-10)13(18)14-11(12(16)17)7-9-4-5-9/h9-11H,2-8H2,1H3,(H,14,18)(H,16,17)/t10?,11-/m0/s1. The summed E-state index contributed by atoms with van der Waals surface area (Å²) in [4.78, 5) is 24.6. The topological polar surface area (TPSA) is 78.9 Å². The van der Waals surface area contributed by atoms with Crippen molar-refractivity contribution in [3.8, 4) is 0 Å². The molecule has 0 bridgehead atoms. The Morgan fingerprint density at radius 2 is 2.16 bits per heavy atom. The van der Waals surface area contributed by atoms with Gasteiger partial charge in [-0.2, -0.15) is 0 Å². The monoisotopic (exact) mass is 270 g/mol. The van der Waals surface area contributed by atoms with E-state index < -0.39 is 12.0 Å². The maximum absolute atomic E-state index is 11.9. The van der Waals surface area contributed by atoms with E-state index in [4.69, 9.17) is 9.84 Å². The van der Waals surface area contributed by atoms with E-state index in [2.05, 4.69) is 5.32 Å². The lowest BCUT2D eigenvalue weighted by atomic mass is 10.1. The summed E-state index contributed by atoms with van der Waals surface area (Å²) in [6.45, 7) is 1.27. The number of ether oxygens (including phenoxy) is 1. The van der Waals surface area contributed by atoms with Crippen molar-refractivity contribution in [2.75, 3.05) is 20.2 Å². The van der Waals surface area contributed by atoms with Crippen LogP contribution in [0, 0.1) is 5.92 Å². The van der Waals surface area contributed by atoms with Crippen molar-refractivity contribution in [1.82, 2.24) is 10.2 Å². The zero-order valence-electron chi connectivity index (χ0n) is 11.3. The molecule has 1 saturated carbocycles. The van der Waals surface area contributed by atoms with Gasteiger partial charge in [0.2, 0.25) is 0 Å². The number of urea groups is 1. The summed E-state index contributed by atoms with van der Waals surface area (Å²) in [5.74, 6) is -0.490. The summed E-state index contributed by atoms with van der Waals surface area (Å²) in [5, 5.41) is 11.7. The largest absolute Gasteiger partial charge is 0.480 e. The van der Waals surface area contributed by atoms with Crippen LogP contribution in [0.4, 0.5) is 4.79 Å². The number of likely N-dealkylation sites (N-methyl/N-ethyl adjacent to an activating group) is 1. The van der Waals surface area contributed by atoms with E-state index in [1.807, 2.05) is 0 Å². The molecule has 108 valence electrons. The first-order valence-corrected chi connectivity index (χ1v) is 6.92. The number of rotatable bonds is 6. The Morgan fingerprint density at radius 1 is 1.42 bits per heavy atom. The number of hydrogen-bond acceptors (Lipinski definition) is 3. The van der Waals surface area contributed by atoms with Crippen LogP contribution in [0.25, 0.3) is 0 Å². The van der Waals surface area contributed by atoms with E-state index in [1.54, 1.807) is 7.05 Å². The lowest BCUT2D eigenvalue weighted by Crippen LogP contribution is -2.48. The molecular weight excluding hydrogens is 248 g/mol. The van der Waals surface area contributed by atoms with Gasteiger partial charge in [-0.3, -0.25) is 0 Å². The molecular formula is C13H22N2O4. The van der Waals surface area contributed by atoms with Crippen molar-refractivity contribution in [3.05, 3.63) is 0 Å². The van der Waals surface area contributed by atoms with Crippen molar-refractivity contribution in [3.63, 3.8) is 0 Å². The highest BCUT2D eigenvalue weighted by Gasteiger charge is 2.31. The van der Waals surface area contributed by atoms with Crippen LogP contribution in [-0.2, 0) is 9.53 Å². The zero-order valence-corrected chi connectivity index (χ0v) is 11.3. The number of carbonyl (C=O) groups excluding carboxylic acids is 1. The first-order chi connectivity index (χ1) is 9.06. The van der Waals surface area contributed by atoms with Crippen LogP contribution in [0.3, 0.4) is 0 Å². The van der Waals surface area contributed by atoms with Gasteiger partial charge >= 0.3 is 12.0 Å². The molecule has 0 radical (unpaired) electrons. The number of nitrogens with one attached hydrogen (secondary N) is 1. The first-order valence-electron chi connectivity index (χ1n) is 6.92. The number of hydrogen-bond donors (Lipinski definition) is 2. The molecule has 2 fully saturated rings. The van der Waals surface area contributed by atoms with Gasteiger partial charge in [-0.15, -0.1) is 0 Å². The number of carbonyl (C=O) groups is 2. The molecule has 1 saturated heterocycles. The number of aliphatic carboxylic acids is 1. The van der Waals surface area contributed by atoms with Crippen molar-refractivity contribution >= 4 is 12.0 Å². The summed E-state index contributed by atoms with van der Waals surface area (Å²) >= 11 is 0. The second kappa shape index (κ2) is 6.23. The van der Waals surface area contributed by atoms with Crippen LogP contribution in [0.5, 0.6) is 0 Å². The molecule has 2 atom stereocenters. The maximum atomic E-state index is 11.9. The smallest absolute Gasteiger partial charge is 0.326 e. The Hall–Kier alpha value is -1.30. The molecule has 0 aromatic heterocycles. The van der Waals surface area contributed by atoms with Gasteiger partial charge < -0.3 is 20.1 Å². The predicted octanol–water partition coefficient (Wildman–Crippen LogP) is 1.06. The summed E-state index contributed by atoms with van der Waals surface area (Å²) in [6, 6.07) is -1.10. The molecule has 0 spiro atoms. The molecule has 2 amide bonds. The van der Waals surface area contributed by atoms with Crippen LogP contribution < -0.4 is 5.32 Å². The van der Waals surface area contributed by atoms with Gasteiger partial charge in [-0.25, -0.2) is 9.59 Å². The van der Waals surface area contributed by atoms with Crippen LogP contribution in [0.15, 0.2) is 0 Å². The molecule has 1 heterocycles. The molecule has 1 unspecified atom stereocenters. The Labute approximate surface area is 113 Å². The molecule has 1 aliphatic heterocycles. The van der Waals surface area contributed by atoms with E-state index in [-0.39, 0.29) is 12.1 Å². The summed E-state index contributed by atoms with van der Waals surface area (Å²) in [6.07, 6.45) is 4.76. The van der Waals surface area contributed by atoms with Gasteiger partial charge in [0.05, 0.1) is 6.10 Å². The Bertz CT molecular complexity index is 338. The van der Waals surface area contributed by atoms with Gasteiger partial charge in [-0.1, -0.05) is 12.8 Å². The highest BCUT2D eigenvalue weighted by atomic mass is 16.5. The Balaban J connectivity index is 1.77. The average molecular weight is 270 g/mol. The molecule has 1 aliphatic carbocycles. The van der Waals surface area contributed by atoms with Crippen LogP contribution >= 0.6 is 0 Å². The van der Waals surface area contributed by atoms with E-state index in [1.165, 1.54) is 4.90 Å². The third-order valence-corrected chi connectivity index (χ3v) is 3.71. The summed E-state index contributed by atoms with van der Waals surface area (Å²) in [5.41, 5.74) is 0. The molecule has 6 heteroatoms. The molecule has 0 aromatic rings. The highest BCUT2D eigenvalue weighted by molar-refractivity contribution is 5.82. The SMILES string of the molecule is CN(CC1CCCO1)C(=O)N[C@@H](CC1CC1)C(=O)O. The minimum Gasteiger partial charge on any atom is -0.480 e. The van der Waals surface area contributed by atoms with Crippen LogP contribution in [-0.4, -0.2) is 54.4 Å². The van der Waals surface area contributed by atoms with E-state index in [0.717, 1.165) is 32.3 Å². The first kappa shape index (κ1) is 14.1. The van der Waals surface area contributed by atoms with Crippen LogP contribution in [0.1, 0.15) is 32.1 Å². The maximum Gasteiger partial charge on any atom is 0.326 e. The van der Waals surface area contributed by atoms with Crippen molar-refractivity contribution < 1.29 is 19.4 Å². The quantitative estimate of drug-likeness (QED) is 0.756. The van der Waals surface area contributed by atoms with Crippen LogP contribution in [0.2, 0.25) is 0 Å². The minimum atomic E-state index is -0.953. The number of carboxylic acids is 1. The molecule has 6 nitrogen and oxygen atoms in total. The Kier molecular flexibility index (Phi) is 4.63. The van der Waals surface area contributed by atoms with Crippen molar-refractivity contribution in [1.29, 1.82) is 0 Å². The third kappa shape index (κ3) is 4.38. The number of nitrogens with zero attached hydrogens (tertiary/aromatic N) is 1. The van der Waals surface area contributed by atoms with Gasteiger partial charge in [0.25, 0.3) is 0 Å². The van der Waals surface area contributed by atoms with Crippen molar-refractivity contribution in [2.24, 2.45) is 5.92 Å². The summed E-state index contributed by atoms with van der Waals surface area (Å²) < 4.78 is 5.46. The summed E-state index contributed by atoms with van der Waals surface area (Å²) in [7, 11) is 1.67. The zero-order chi connectivity index (χ0) is 13.8. The molecule has 2 aliphatic rings. The van der Waals surface area contributed by atoms with E-state index >= 15 is 0 Å². The van der Waals surface area contributed by atoms with Gasteiger partial charge in [0, 0.05) is 20.2 Å². The normalized spacial score (nSPS) is 23.9. The second-order valence-electron chi connectivity index (χ2n) is 5.53. The fourth-order valence-corrected chi connectivity index (χ4v) is 2.34. The second-order valence-corrected chi connectivity index (χ2v) is 5.53. The predicted molar refractivity (Wildman–Crippen MR) is 68.9 cm³/mol. The fourth-order valence-electron chi connectivity index (χ4n) is 2.34. The third-order valence-electron chi connectivity index (χ3n) is 3.71. The van der Waals surface area contributed by atoms with Gasteiger partial charge in [0.15, 0.2) is 0 Å². The number of amides is 2. The van der Waals surface area contributed by atoms with Gasteiger partial charge in [0.1, 0.15) is 6.04 Å². The number of carboxylic acid groups (broad SMARTS) is 1. The fraction of sp³-hybridized carbons (Fsp3) is 0.846. The van der Waals surface area contributed by atoms with Gasteiger partial charge in [-0.05, 0) is 25.2 Å². The minimum absolute atomic E-state index is 0.0856. The molecule has 19 heavy (non-hydrogen) atoms. The highest BCUT2D eigenvalue weighted by Crippen LogP contribution is 2.33. The van der Waals surface area contributed by atoms with E-state index in [9.17, 15) is 9.59 Å². The molecule has 0 aromatic carbocycles. The van der Waals surface area contributed by atoms with E-state index in [0.29, 0.717) is 18.9 Å². The molecule has 2 rings (SSSR count). The van der Waals surface area contributed by atoms with Crippen molar-refractivity contribution in [2.45, 2.75) is 44.2 Å².